The number of aliphatic hydroxyl groups is 1. The van der Waals surface area contributed by atoms with Crippen molar-refractivity contribution in [2.24, 2.45) is 0 Å². The standard InChI is InChI=1S/C11H17NO3/c1-4-9(7-13)12-8(2)5-6-10(12)11(14)15-3/h5-6,9,13H,4,7H2,1-3H3. The van der Waals surface area contributed by atoms with Gasteiger partial charge in [0.2, 0.25) is 0 Å². The zero-order valence-electron chi connectivity index (χ0n) is 9.36. The van der Waals surface area contributed by atoms with E-state index in [-0.39, 0.29) is 18.6 Å². The van der Waals surface area contributed by atoms with Crippen molar-refractivity contribution < 1.29 is 14.6 Å². The molecule has 4 nitrogen and oxygen atoms in total. The number of hydrogen-bond acceptors (Lipinski definition) is 3. The van der Waals surface area contributed by atoms with Gasteiger partial charge < -0.3 is 14.4 Å². The van der Waals surface area contributed by atoms with Gasteiger partial charge in [0.05, 0.1) is 19.8 Å². The molecular weight excluding hydrogens is 194 g/mol. The van der Waals surface area contributed by atoms with Crippen molar-refractivity contribution in [1.82, 2.24) is 4.57 Å². The Bertz CT molecular complexity index is 340. The molecule has 1 atom stereocenters. The minimum atomic E-state index is -0.366. The number of ether oxygens (including phenoxy) is 1. The Kier molecular flexibility index (Phi) is 3.91. The number of aryl methyl sites for hydroxylation is 1. The summed E-state index contributed by atoms with van der Waals surface area (Å²) in [7, 11) is 1.36. The van der Waals surface area contributed by atoms with E-state index in [1.807, 2.05) is 24.5 Å². The number of carbonyl (C=O) groups excluding carboxylic acids is 1. The largest absolute Gasteiger partial charge is 0.464 e. The van der Waals surface area contributed by atoms with Crippen LogP contribution in [0.25, 0.3) is 0 Å². The molecule has 0 amide bonds. The zero-order chi connectivity index (χ0) is 11.4. The normalized spacial score (nSPS) is 12.5. The van der Waals surface area contributed by atoms with Crippen molar-refractivity contribution in [3.05, 3.63) is 23.5 Å². The number of nitrogens with zero attached hydrogens (tertiary/aromatic N) is 1. The van der Waals surface area contributed by atoms with Crippen molar-refractivity contribution in [3.63, 3.8) is 0 Å². The molecule has 0 aliphatic heterocycles. The maximum Gasteiger partial charge on any atom is 0.354 e. The lowest BCUT2D eigenvalue weighted by molar-refractivity contribution is 0.0582. The molecule has 84 valence electrons. The van der Waals surface area contributed by atoms with Crippen LogP contribution in [0.4, 0.5) is 0 Å². The molecule has 1 heterocycles. The van der Waals surface area contributed by atoms with Crippen LogP contribution in [0.15, 0.2) is 12.1 Å². The van der Waals surface area contributed by atoms with E-state index in [9.17, 15) is 9.90 Å². The first kappa shape index (κ1) is 11.8. The van der Waals surface area contributed by atoms with E-state index in [4.69, 9.17) is 0 Å². The monoisotopic (exact) mass is 211 g/mol. The Hall–Kier alpha value is -1.29. The molecular formula is C11H17NO3. The van der Waals surface area contributed by atoms with E-state index < -0.39 is 0 Å². The molecule has 1 N–H and O–H groups in total. The van der Waals surface area contributed by atoms with E-state index in [1.165, 1.54) is 7.11 Å². The van der Waals surface area contributed by atoms with Gasteiger partial charge in [0.15, 0.2) is 0 Å². The van der Waals surface area contributed by atoms with Crippen molar-refractivity contribution >= 4 is 5.97 Å². The number of esters is 1. The van der Waals surface area contributed by atoms with Gasteiger partial charge in [-0.2, -0.15) is 0 Å². The van der Waals surface area contributed by atoms with Gasteiger partial charge in [0, 0.05) is 5.69 Å². The van der Waals surface area contributed by atoms with Crippen LogP contribution in [-0.4, -0.2) is 29.4 Å². The van der Waals surface area contributed by atoms with Gasteiger partial charge in [-0.3, -0.25) is 0 Å². The van der Waals surface area contributed by atoms with Crippen LogP contribution in [0.1, 0.15) is 35.6 Å². The van der Waals surface area contributed by atoms with Crippen molar-refractivity contribution in [1.29, 1.82) is 0 Å². The second-order valence-corrected chi connectivity index (χ2v) is 3.47. The quantitative estimate of drug-likeness (QED) is 0.768. The van der Waals surface area contributed by atoms with Gasteiger partial charge in [0.25, 0.3) is 0 Å². The van der Waals surface area contributed by atoms with Crippen molar-refractivity contribution in [3.8, 4) is 0 Å². The minimum absolute atomic E-state index is 0.0238. The number of carbonyl (C=O) groups is 1. The fourth-order valence-corrected chi connectivity index (χ4v) is 1.70. The predicted molar refractivity (Wildman–Crippen MR) is 56.9 cm³/mol. The molecule has 15 heavy (non-hydrogen) atoms. The first-order valence-electron chi connectivity index (χ1n) is 5.02. The molecule has 1 aromatic heterocycles. The van der Waals surface area contributed by atoms with E-state index in [2.05, 4.69) is 4.74 Å². The molecule has 0 aromatic carbocycles. The molecule has 0 saturated carbocycles. The highest BCUT2D eigenvalue weighted by molar-refractivity contribution is 5.87. The summed E-state index contributed by atoms with van der Waals surface area (Å²) in [4.78, 5) is 11.5. The number of methoxy groups -OCH3 is 1. The Balaban J connectivity index is 3.13. The van der Waals surface area contributed by atoms with E-state index >= 15 is 0 Å². The van der Waals surface area contributed by atoms with E-state index in [0.29, 0.717) is 5.69 Å². The van der Waals surface area contributed by atoms with E-state index in [1.54, 1.807) is 6.07 Å². The number of hydrogen-bond donors (Lipinski definition) is 1. The van der Waals surface area contributed by atoms with Gasteiger partial charge in [-0.05, 0) is 25.5 Å². The molecule has 1 aromatic rings. The number of aromatic nitrogens is 1. The highest BCUT2D eigenvalue weighted by Crippen LogP contribution is 2.19. The van der Waals surface area contributed by atoms with E-state index in [0.717, 1.165) is 12.1 Å². The summed E-state index contributed by atoms with van der Waals surface area (Å²) in [5.74, 6) is -0.366. The summed E-state index contributed by atoms with van der Waals surface area (Å²) < 4.78 is 6.51. The van der Waals surface area contributed by atoms with Crippen LogP contribution in [0.5, 0.6) is 0 Å². The zero-order valence-corrected chi connectivity index (χ0v) is 9.36. The smallest absolute Gasteiger partial charge is 0.354 e. The third-order valence-corrected chi connectivity index (χ3v) is 2.56. The molecule has 1 unspecified atom stereocenters. The van der Waals surface area contributed by atoms with Gasteiger partial charge in [-0.15, -0.1) is 0 Å². The molecule has 0 fully saturated rings. The maximum atomic E-state index is 11.5. The molecule has 0 aliphatic carbocycles. The summed E-state index contributed by atoms with van der Waals surface area (Å²) in [5.41, 5.74) is 1.45. The summed E-state index contributed by atoms with van der Waals surface area (Å²) >= 11 is 0. The van der Waals surface area contributed by atoms with Crippen LogP contribution in [-0.2, 0) is 4.74 Å². The number of aliphatic hydroxyl groups excluding tert-OH is 1. The lowest BCUT2D eigenvalue weighted by Crippen LogP contribution is -2.19. The number of rotatable bonds is 4. The van der Waals surface area contributed by atoms with Crippen LogP contribution in [0.3, 0.4) is 0 Å². The first-order valence-corrected chi connectivity index (χ1v) is 5.02. The van der Waals surface area contributed by atoms with Crippen LogP contribution in [0.2, 0.25) is 0 Å². The van der Waals surface area contributed by atoms with Crippen LogP contribution >= 0.6 is 0 Å². The summed E-state index contributed by atoms with van der Waals surface area (Å²) in [5, 5.41) is 9.23. The molecule has 4 heteroatoms. The third kappa shape index (κ3) is 2.21. The minimum Gasteiger partial charge on any atom is -0.464 e. The average molecular weight is 211 g/mol. The second kappa shape index (κ2) is 4.98. The molecule has 0 bridgehead atoms. The predicted octanol–water partition coefficient (Wildman–Crippen LogP) is 1.53. The topological polar surface area (TPSA) is 51.5 Å². The van der Waals surface area contributed by atoms with Crippen LogP contribution < -0.4 is 0 Å². The average Bonchev–Trinajstić information content (AvgIpc) is 2.62. The highest BCUT2D eigenvalue weighted by atomic mass is 16.5. The molecule has 0 radical (unpaired) electrons. The summed E-state index contributed by atoms with van der Waals surface area (Å²) in [6.45, 7) is 3.90. The third-order valence-electron chi connectivity index (χ3n) is 2.56. The molecule has 0 aliphatic rings. The Morgan fingerprint density at radius 1 is 1.60 bits per heavy atom. The fraction of sp³-hybridized carbons (Fsp3) is 0.545. The van der Waals surface area contributed by atoms with Gasteiger partial charge in [0.1, 0.15) is 5.69 Å². The highest BCUT2D eigenvalue weighted by Gasteiger charge is 2.18. The first-order chi connectivity index (χ1) is 7.15. The lowest BCUT2D eigenvalue weighted by atomic mass is 10.2. The second-order valence-electron chi connectivity index (χ2n) is 3.47. The maximum absolute atomic E-state index is 11.5. The van der Waals surface area contributed by atoms with Crippen molar-refractivity contribution in [2.75, 3.05) is 13.7 Å². The fourth-order valence-electron chi connectivity index (χ4n) is 1.70. The van der Waals surface area contributed by atoms with Crippen LogP contribution in [0, 0.1) is 6.92 Å². The van der Waals surface area contributed by atoms with Gasteiger partial charge >= 0.3 is 5.97 Å². The molecule has 0 spiro atoms. The molecule has 0 saturated heterocycles. The summed E-state index contributed by atoms with van der Waals surface area (Å²) in [6.07, 6.45) is 0.774. The van der Waals surface area contributed by atoms with Gasteiger partial charge in [-0.1, -0.05) is 6.92 Å². The van der Waals surface area contributed by atoms with Crippen molar-refractivity contribution in [2.45, 2.75) is 26.3 Å². The lowest BCUT2D eigenvalue weighted by Gasteiger charge is -2.19. The molecule has 1 rings (SSSR count). The van der Waals surface area contributed by atoms with Gasteiger partial charge in [-0.25, -0.2) is 4.79 Å². The Labute approximate surface area is 89.5 Å². The Morgan fingerprint density at radius 3 is 2.73 bits per heavy atom. The Morgan fingerprint density at radius 2 is 2.27 bits per heavy atom. The SMILES string of the molecule is CCC(CO)n1c(C)ccc1C(=O)OC. The summed E-state index contributed by atoms with van der Waals surface area (Å²) in [6, 6.07) is 3.51.